The van der Waals surface area contributed by atoms with Crippen molar-refractivity contribution < 1.29 is 4.79 Å². The Morgan fingerprint density at radius 3 is 2.42 bits per heavy atom. The van der Waals surface area contributed by atoms with E-state index in [9.17, 15) is 4.79 Å². The van der Waals surface area contributed by atoms with Crippen LogP contribution in [0.5, 0.6) is 0 Å². The fraction of sp³-hybridized carbons (Fsp3) is 0.929. The molecule has 0 aromatic rings. The van der Waals surface area contributed by atoms with Gasteiger partial charge in [-0.3, -0.25) is 9.69 Å². The van der Waals surface area contributed by atoms with Crippen LogP contribution in [0.25, 0.3) is 0 Å². The molecule has 2 atom stereocenters. The lowest BCUT2D eigenvalue weighted by molar-refractivity contribution is -0.131. The van der Waals surface area contributed by atoms with Gasteiger partial charge in [-0.25, -0.2) is 0 Å². The average Bonchev–Trinajstić information content (AvgIpc) is 2.74. The third kappa shape index (κ3) is 3.68. The van der Waals surface area contributed by atoms with Crippen molar-refractivity contribution in [2.45, 2.75) is 31.8 Å². The summed E-state index contributed by atoms with van der Waals surface area (Å²) in [6, 6.07) is 0.829. The van der Waals surface area contributed by atoms with Crippen LogP contribution in [0.15, 0.2) is 0 Å². The highest BCUT2D eigenvalue weighted by Gasteiger charge is 2.34. The summed E-state index contributed by atoms with van der Waals surface area (Å²) in [5, 5.41) is 0. The van der Waals surface area contributed by atoms with Crippen molar-refractivity contribution in [3.63, 3.8) is 0 Å². The van der Waals surface area contributed by atoms with Crippen molar-refractivity contribution in [2.24, 2.45) is 11.7 Å². The van der Waals surface area contributed by atoms with E-state index in [1.54, 1.807) is 0 Å². The van der Waals surface area contributed by atoms with Gasteiger partial charge in [-0.05, 0) is 32.9 Å². The summed E-state index contributed by atoms with van der Waals surface area (Å²) in [7, 11) is 4.20. The molecule has 2 rings (SSSR count). The molecule has 5 nitrogen and oxygen atoms in total. The van der Waals surface area contributed by atoms with Crippen molar-refractivity contribution in [1.82, 2.24) is 14.7 Å². The minimum atomic E-state index is 0.284. The van der Waals surface area contributed by atoms with E-state index in [0.717, 1.165) is 39.0 Å². The smallest absolute Gasteiger partial charge is 0.236 e. The van der Waals surface area contributed by atoms with Crippen molar-refractivity contribution in [3.05, 3.63) is 0 Å². The van der Waals surface area contributed by atoms with E-state index < -0.39 is 0 Å². The standard InChI is InChI=1S/C14H28N4O/c1-11-8-18(9-13(11)16(2)3)14(19)10-17-6-4-12(15)5-7-17/h11-13H,4-10,15H2,1-3H3. The first-order valence-electron chi connectivity index (χ1n) is 7.39. The number of nitrogens with two attached hydrogens (primary N) is 1. The lowest BCUT2D eigenvalue weighted by Crippen LogP contribution is -2.45. The van der Waals surface area contributed by atoms with Gasteiger partial charge in [0.25, 0.3) is 0 Å². The van der Waals surface area contributed by atoms with Crippen LogP contribution >= 0.6 is 0 Å². The number of amides is 1. The number of nitrogens with zero attached hydrogens (tertiary/aromatic N) is 3. The predicted octanol–water partition coefficient (Wildman–Crippen LogP) is -0.182. The molecule has 19 heavy (non-hydrogen) atoms. The van der Waals surface area contributed by atoms with Gasteiger partial charge in [-0.1, -0.05) is 6.92 Å². The molecule has 2 unspecified atom stereocenters. The molecule has 0 aliphatic carbocycles. The molecule has 0 aromatic carbocycles. The number of piperidine rings is 1. The topological polar surface area (TPSA) is 52.8 Å². The van der Waals surface area contributed by atoms with E-state index in [1.165, 1.54) is 0 Å². The van der Waals surface area contributed by atoms with Crippen LogP contribution in [-0.4, -0.2) is 79.5 Å². The predicted molar refractivity (Wildman–Crippen MR) is 76.9 cm³/mol. The van der Waals surface area contributed by atoms with Crippen molar-refractivity contribution >= 4 is 5.91 Å². The molecule has 0 radical (unpaired) electrons. The number of rotatable bonds is 3. The first kappa shape index (κ1) is 14.8. The molecular formula is C14H28N4O. The minimum Gasteiger partial charge on any atom is -0.340 e. The van der Waals surface area contributed by atoms with Crippen LogP contribution in [-0.2, 0) is 4.79 Å². The summed E-state index contributed by atoms with van der Waals surface area (Å²) in [4.78, 5) is 18.9. The Morgan fingerprint density at radius 1 is 1.26 bits per heavy atom. The van der Waals surface area contributed by atoms with Crippen LogP contribution in [0.4, 0.5) is 0 Å². The number of likely N-dealkylation sites (N-methyl/N-ethyl adjacent to an activating group) is 1. The van der Waals surface area contributed by atoms with Gasteiger partial charge in [0, 0.05) is 38.3 Å². The van der Waals surface area contributed by atoms with Crippen molar-refractivity contribution in [3.8, 4) is 0 Å². The van der Waals surface area contributed by atoms with E-state index in [-0.39, 0.29) is 5.91 Å². The zero-order valence-electron chi connectivity index (χ0n) is 12.5. The second kappa shape index (κ2) is 6.20. The van der Waals surface area contributed by atoms with Gasteiger partial charge in [0.15, 0.2) is 0 Å². The van der Waals surface area contributed by atoms with E-state index in [1.807, 2.05) is 4.90 Å². The Labute approximate surface area is 116 Å². The van der Waals surface area contributed by atoms with Crippen LogP contribution in [0.1, 0.15) is 19.8 Å². The highest BCUT2D eigenvalue weighted by atomic mass is 16.2. The molecule has 2 aliphatic rings. The summed E-state index contributed by atoms with van der Waals surface area (Å²) in [5.41, 5.74) is 5.89. The second-order valence-electron chi connectivity index (χ2n) is 6.42. The maximum absolute atomic E-state index is 12.3. The minimum absolute atomic E-state index is 0.284. The summed E-state index contributed by atoms with van der Waals surface area (Å²) >= 11 is 0. The molecule has 0 saturated carbocycles. The first-order chi connectivity index (χ1) is 8.97. The monoisotopic (exact) mass is 268 g/mol. The fourth-order valence-electron chi connectivity index (χ4n) is 3.23. The second-order valence-corrected chi connectivity index (χ2v) is 6.42. The summed E-state index contributed by atoms with van der Waals surface area (Å²) in [5.74, 6) is 0.848. The number of carbonyl (C=O) groups is 1. The number of hydrogen-bond acceptors (Lipinski definition) is 4. The third-order valence-electron chi connectivity index (χ3n) is 4.58. The Morgan fingerprint density at radius 2 is 1.89 bits per heavy atom. The Bertz CT molecular complexity index is 313. The largest absolute Gasteiger partial charge is 0.340 e. The zero-order valence-corrected chi connectivity index (χ0v) is 12.5. The van der Waals surface area contributed by atoms with Crippen molar-refractivity contribution in [2.75, 3.05) is 46.8 Å². The summed E-state index contributed by atoms with van der Waals surface area (Å²) in [6.45, 7) is 6.51. The van der Waals surface area contributed by atoms with E-state index in [4.69, 9.17) is 5.73 Å². The Hall–Kier alpha value is -0.650. The van der Waals surface area contributed by atoms with Gasteiger partial charge in [0.1, 0.15) is 0 Å². The van der Waals surface area contributed by atoms with Gasteiger partial charge in [0.05, 0.1) is 6.54 Å². The molecule has 0 bridgehead atoms. The molecule has 2 N–H and O–H groups in total. The molecule has 5 heteroatoms. The summed E-state index contributed by atoms with van der Waals surface area (Å²) < 4.78 is 0. The van der Waals surface area contributed by atoms with Crippen LogP contribution < -0.4 is 5.73 Å². The van der Waals surface area contributed by atoms with Gasteiger partial charge in [-0.2, -0.15) is 0 Å². The molecule has 1 amide bonds. The summed E-state index contributed by atoms with van der Waals surface area (Å²) in [6.07, 6.45) is 2.04. The van der Waals surface area contributed by atoms with E-state index >= 15 is 0 Å². The molecule has 0 spiro atoms. The number of carbonyl (C=O) groups excluding carboxylic acids is 1. The van der Waals surface area contributed by atoms with Gasteiger partial charge < -0.3 is 15.5 Å². The molecule has 0 aromatic heterocycles. The highest BCUT2D eigenvalue weighted by Crippen LogP contribution is 2.20. The maximum Gasteiger partial charge on any atom is 0.236 e. The SMILES string of the molecule is CC1CN(C(=O)CN2CCC(N)CC2)CC1N(C)C. The molecule has 110 valence electrons. The lowest BCUT2D eigenvalue weighted by Gasteiger charge is -2.31. The number of likely N-dealkylation sites (tertiary alicyclic amines) is 2. The van der Waals surface area contributed by atoms with Gasteiger partial charge in [0.2, 0.25) is 5.91 Å². The van der Waals surface area contributed by atoms with Crippen LogP contribution in [0.3, 0.4) is 0 Å². The number of hydrogen-bond donors (Lipinski definition) is 1. The quantitative estimate of drug-likeness (QED) is 0.771. The van der Waals surface area contributed by atoms with Crippen LogP contribution in [0.2, 0.25) is 0 Å². The fourth-order valence-corrected chi connectivity index (χ4v) is 3.23. The normalized spacial score (nSPS) is 30.3. The molecular weight excluding hydrogens is 240 g/mol. The van der Waals surface area contributed by atoms with Gasteiger partial charge in [-0.15, -0.1) is 0 Å². The van der Waals surface area contributed by atoms with Crippen molar-refractivity contribution in [1.29, 1.82) is 0 Å². The molecule has 2 heterocycles. The molecule has 2 aliphatic heterocycles. The zero-order chi connectivity index (χ0) is 14.0. The van der Waals surface area contributed by atoms with Crippen LogP contribution in [0, 0.1) is 5.92 Å². The third-order valence-corrected chi connectivity index (χ3v) is 4.58. The van der Waals surface area contributed by atoms with E-state index in [0.29, 0.717) is 24.5 Å². The average molecular weight is 268 g/mol. The van der Waals surface area contributed by atoms with E-state index in [2.05, 4.69) is 30.8 Å². The van der Waals surface area contributed by atoms with Gasteiger partial charge >= 0.3 is 0 Å². The highest BCUT2D eigenvalue weighted by molar-refractivity contribution is 5.78. The molecule has 2 saturated heterocycles. The Kier molecular flexibility index (Phi) is 4.81. The molecule has 2 fully saturated rings. The Balaban J connectivity index is 1.81. The first-order valence-corrected chi connectivity index (χ1v) is 7.39. The maximum atomic E-state index is 12.3. The lowest BCUT2D eigenvalue weighted by atomic mass is 10.1.